The third-order valence-electron chi connectivity index (χ3n) is 16.0. The Kier molecular flexibility index (Phi) is 14.8. The van der Waals surface area contributed by atoms with E-state index in [1.807, 2.05) is 81.9 Å². The number of aromatic nitrogens is 5. The van der Waals surface area contributed by atoms with Crippen molar-refractivity contribution in [1.29, 1.82) is 0 Å². The van der Waals surface area contributed by atoms with Crippen molar-refractivity contribution in [1.82, 2.24) is 40.4 Å². The summed E-state index contributed by atoms with van der Waals surface area (Å²) in [5.74, 6) is 0.703. The molecule has 2 unspecified atom stereocenters. The predicted molar refractivity (Wildman–Crippen MR) is 290 cm³/mol. The molecule has 5 aliphatic heterocycles. The van der Waals surface area contributed by atoms with E-state index in [2.05, 4.69) is 57.4 Å². The second-order valence-electron chi connectivity index (χ2n) is 21.4. The summed E-state index contributed by atoms with van der Waals surface area (Å²) in [6, 6.07) is 22.7. The Bertz CT molecular complexity index is 2980. The van der Waals surface area contributed by atoms with Crippen LogP contribution in [-0.4, -0.2) is 153 Å². The van der Waals surface area contributed by atoms with Crippen molar-refractivity contribution in [2.24, 2.45) is 5.92 Å². The number of aryl methyl sites for hydroxylation is 1. The van der Waals surface area contributed by atoms with Crippen LogP contribution in [-0.2, 0) is 14.3 Å². The Morgan fingerprint density at radius 2 is 1.66 bits per heavy atom. The first kappa shape index (κ1) is 51.2. The smallest absolute Gasteiger partial charge is 0.254 e. The van der Waals surface area contributed by atoms with E-state index in [0.717, 1.165) is 98.2 Å². The highest BCUT2D eigenvalue weighted by Crippen LogP contribution is 2.41. The lowest BCUT2D eigenvalue weighted by Crippen LogP contribution is -2.55. The first-order chi connectivity index (χ1) is 36.8. The molecule has 5 fully saturated rings. The van der Waals surface area contributed by atoms with Gasteiger partial charge in [0.2, 0.25) is 11.8 Å². The topological polar surface area (TPSA) is 225 Å². The number of anilines is 4. The minimum atomic E-state index is -0.828. The van der Waals surface area contributed by atoms with Gasteiger partial charge in [-0.3, -0.25) is 14.5 Å². The summed E-state index contributed by atoms with van der Waals surface area (Å²) in [6.45, 7) is 14.0. The number of nitrogens with zero attached hydrogens (tertiary/aromatic N) is 10. The van der Waals surface area contributed by atoms with Gasteiger partial charge < -0.3 is 54.9 Å². The van der Waals surface area contributed by atoms with E-state index in [0.29, 0.717) is 54.0 Å². The number of likely N-dealkylation sites (tertiary alicyclic amines) is 2. The second-order valence-corrected chi connectivity index (χ2v) is 22.3. The van der Waals surface area contributed by atoms with Crippen LogP contribution in [0, 0.1) is 12.8 Å². The quantitative estimate of drug-likeness (QED) is 0.0772. The molecule has 0 saturated carbocycles. The number of aliphatic hydroxyl groups is 1. The zero-order chi connectivity index (χ0) is 52.6. The van der Waals surface area contributed by atoms with Crippen molar-refractivity contribution in [3.05, 3.63) is 102 Å². The number of pyridine rings is 1. The molecule has 6 aromatic rings. The van der Waals surface area contributed by atoms with Crippen LogP contribution in [0.4, 0.5) is 23.0 Å². The number of benzene rings is 2. The van der Waals surface area contributed by atoms with Gasteiger partial charge in [-0.2, -0.15) is 0 Å². The summed E-state index contributed by atoms with van der Waals surface area (Å²) < 4.78 is 18.4. The van der Waals surface area contributed by atoms with Crippen LogP contribution in [0.1, 0.15) is 81.9 Å². The summed E-state index contributed by atoms with van der Waals surface area (Å²) >= 11 is 1.59. The minimum absolute atomic E-state index is 0.0545. The van der Waals surface area contributed by atoms with Gasteiger partial charge >= 0.3 is 0 Å². The average molecular weight is 1050 g/mol. The first-order valence-corrected chi connectivity index (χ1v) is 27.6. The molecule has 20 heteroatoms. The Morgan fingerprint density at radius 3 is 2.38 bits per heavy atom. The van der Waals surface area contributed by atoms with Gasteiger partial charge in [0, 0.05) is 100 Å². The number of ether oxygens (including phenoxy) is 2. The maximum absolute atomic E-state index is 14.3. The number of fused-ring (bicyclic) bond motifs is 2. The molecule has 2 amide bonds. The number of aromatic hydroxyl groups is 1. The third kappa shape index (κ3) is 10.8. The summed E-state index contributed by atoms with van der Waals surface area (Å²) in [5, 5.41) is 37.0. The molecule has 2 aromatic carbocycles. The number of piperazine rings is 1. The number of phenols is 1. The first-order valence-electron chi connectivity index (χ1n) is 26.8. The van der Waals surface area contributed by atoms with Gasteiger partial charge in [0.1, 0.15) is 30.1 Å². The van der Waals surface area contributed by atoms with Crippen LogP contribution in [0.5, 0.6) is 11.6 Å². The zero-order valence-electron chi connectivity index (χ0n) is 43.6. The van der Waals surface area contributed by atoms with Crippen molar-refractivity contribution < 1.29 is 33.8 Å². The van der Waals surface area contributed by atoms with E-state index in [1.165, 1.54) is 10.6 Å². The highest BCUT2D eigenvalue weighted by molar-refractivity contribution is 7.13. The number of nitrogen functional groups attached to an aromatic ring is 1. The summed E-state index contributed by atoms with van der Waals surface area (Å²) in [6.07, 6.45) is 5.65. The zero-order valence-corrected chi connectivity index (χ0v) is 44.4. The number of aliphatic hydroxyl groups excluding tert-OH is 1. The molecule has 5 N–H and O–H groups in total. The van der Waals surface area contributed by atoms with Crippen LogP contribution in [0.15, 0.2) is 89.0 Å². The maximum atomic E-state index is 14.3. The molecule has 9 heterocycles. The van der Waals surface area contributed by atoms with Gasteiger partial charge in [0.15, 0.2) is 11.6 Å². The fourth-order valence-electron chi connectivity index (χ4n) is 11.9. The lowest BCUT2D eigenvalue weighted by atomic mass is 9.91. The molecule has 4 aromatic heterocycles. The molecule has 2 bridgehead atoms. The number of nitrogens with one attached hydrogen (secondary N) is 1. The SMILES string of the molecule is Cc1ncsc1-c1ccc([C@H](C)NC(=O)[C@@H]2C[C@@H](O)CN2C(=O)[C@@H](c2cc(OCCN3CCC(OC4CN(c5cc(N6C7CCC6CN(c6cc(-c8ccccc8O)nnc6N)C7)ccn5)C4)CC3)no2)C(C)C)cc1. The van der Waals surface area contributed by atoms with E-state index in [9.17, 15) is 19.8 Å². The molecule has 0 radical (unpaired) electrons. The van der Waals surface area contributed by atoms with Crippen LogP contribution in [0.2, 0.25) is 0 Å². The Balaban J connectivity index is 0.613. The molecule has 0 aliphatic carbocycles. The number of nitrogens with two attached hydrogens (primary N) is 1. The maximum Gasteiger partial charge on any atom is 0.254 e. The molecule has 0 spiro atoms. The van der Waals surface area contributed by atoms with Gasteiger partial charge in [-0.05, 0) is 86.0 Å². The fourth-order valence-corrected chi connectivity index (χ4v) is 12.7. The number of para-hydroxylation sites is 1. The molecule has 5 saturated heterocycles. The molecule has 400 valence electrons. The molecule has 19 nitrogen and oxygen atoms in total. The number of β-amino-alcohol motifs (C(OH)–C–C–N with tert-alkyl or cyclic N) is 1. The summed E-state index contributed by atoms with van der Waals surface area (Å²) in [4.78, 5) is 49.3. The van der Waals surface area contributed by atoms with Gasteiger partial charge in [0.25, 0.3) is 5.88 Å². The largest absolute Gasteiger partial charge is 0.507 e. The summed E-state index contributed by atoms with van der Waals surface area (Å²) in [5.41, 5.74) is 14.5. The van der Waals surface area contributed by atoms with Crippen LogP contribution in [0.3, 0.4) is 0 Å². The van der Waals surface area contributed by atoms with Gasteiger partial charge in [-0.15, -0.1) is 21.5 Å². The Morgan fingerprint density at radius 1 is 0.895 bits per heavy atom. The number of hydrogen-bond acceptors (Lipinski definition) is 18. The molecule has 76 heavy (non-hydrogen) atoms. The van der Waals surface area contributed by atoms with Gasteiger partial charge in [-0.25, -0.2) is 9.97 Å². The molecule has 6 atom stereocenters. The fraction of sp³-hybridized carbons (Fsp3) is 0.482. The van der Waals surface area contributed by atoms with Crippen molar-refractivity contribution in [2.45, 2.75) is 108 Å². The van der Waals surface area contributed by atoms with Gasteiger partial charge in [-0.1, -0.05) is 50.2 Å². The van der Waals surface area contributed by atoms with Crippen LogP contribution in [0.25, 0.3) is 21.7 Å². The van der Waals surface area contributed by atoms with E-state index in [-0.39, 0.29) is 54.7 Å². The van der Waals surface area contributed by atoms with E-state index >= 15 is 0 Å². The number of amides is 2. The van der Waals surface area contributed by atoms with Crippen molar-refractivity contribution in [3.8, 4) is 33.3 Å². The average Bonchev–Trinajstić information content (AvgIpc) is 4.22. The number of phenolic OH excluding ortho intramolecular Hbond substituents is 1. The number of hydrogen-bond donors (Lipinski definition) is 4. The molecule has 11 rings (SSSR count). The third-order valence-corrected chi connectivity index (χ3v) is 16.9. The predicted octanol–water partition coefficient (Wildman–Crippen LogP) is 6.43. The van der Waals surface area contributed by atoms with Gasteiger partial charge in [0.05, 0.1) is 51.8 Å². The van der Waals surface area contributed by atoms with Crippen LogP contribution >= 0.6 is 11.3 Å². The van der Waals surface area contributed by atoms with Crippen molar-refractivity contribution in [2.75, 3.05) is 79.4 Å². The molecule has 5 aliphatic rings. The van der Waals surface area contributed by atoms with Crippen molar-refractivity contribution >= 4 is 46.2 Å². The highest BCUT2D eigenvalue weighted by Gasteiger charge is 2.44. The van der Waals surface area contributed by atoms with E-state index in [4.69, 9.17) is 24.7 Å². The standard InChI is InChI=1S/C56H68N12O7S/c1-33(2)52(56(72)67-29-41(69)24-47(67)55(71)60-34(3)36-9-11-37(12-10-36)53-35(4)59-32-76-53)49-26-51(63-75-49)73-22-21-64-19-16-42(17-20-64)74-43-30-66(31-43)50-23-38(15-18-58-50)68-39-13-14-40(68)28-65(27-39)46-25-45(61-62-54(46)57)44-7-5-6-8-48(44)70/h5-12,15,18,23,25-26,32-34,39-43,47,52,69-70H,13-14,16-17,19-22,24,27-31H2,1-4H3,(H2,57,62)(H,60,71)/t34-,39?,40?,41+,47-,52+/m0/s1. The Hall–Kier alpha value is -6.87. The van der Waals surface area contributed by atoms with E-state index < -0.39 is 18.1 Å². The monoisotopic (exact) mass is 1050 g/mol. The Labute approximate surface area is 447 Å². The van der Waals surface area contributed by atoms with Crippen molar-refractivity contribution in [3.63, 3.8) is 0 Å². The summed E-state index contributed by atoms with van der Waals surface area (Å²) in [7, 11) is 0. The molecular formula is C56H68N12O7S. The number of carbonyl (C=O) groups excluding carboxylic acids is 2. The molecular weight excluding hydrogens is 985 g/mol. The van der Waals surface area contributed by atoms with E-state index in [1.54, 1.807) is 29.5 Å². The number of thiazole rings is 1. The van der Waals surface area contributed by atoms with Crippen LogP contribution < -0.4 is 30.5 Å². The second kappa shape index (κ2) is 22.0. The lowest BCUT2D eigenvalue weighted by molar-refractivity contribution is -0.141. The number of piperidine rings is 1. The number of rotatable bonds is 17. The minimum Gasteiger partial charge on any atom is -0.507 e. The highest BCUT2D eigenvalue weighted by atomic mass is 32.1. The lowest BCUT2D eigenvalue weighted by Gasteiger charge is -2.45. The number of carbonyl (C=O) groups is 2. The normalized spacial score (nSPS) is 22.0.